The molecule has 0 saturated heterocycles. The van der Waals surface area contributed by atoms with Crippen LogP contribution in [0.15, 0.2) is 45.1 Å². The van der Waals surface area contributed by atoms with Crippen molar-refractivity contribution >= 4 is 59.5 Å². The van der Waals surface area contributed by atoms with E-state index in [0.29, 0.717) is 16.4 Å². The summed E-state index contributed by atoms with van der Waals surface area (Å²) in [7, 11) is 3.94. The van der Waals surface area contributed by atoms with E-state index in [9.17, 15) is 0 Å². The van der Waals surface area contributed by atoms with E-state index in [1.165, 1.54) is 27.9 Å². The van der Waals surface area contributed by atoms with Crippen LogP contribution in [0.4, 0.5) is 0 Å². The third-order valence-electron chi connectivity index (χ3n) is 6.44. The van der Waals surface area contributed by atoms with Crippen LogP contribution in [0.5, 0.6) is 11.5 Å². The molecule has 2 nitrogen and oxygen atoms in total. The molecule has 0 aliphatic carbocycles. The van der Waals surface area contributed by atoms with Gasteiger partial charge in [-0.3, -0.25) is 0 Å². The maximum atomic E-state index is 6.42. The first-order valence-corrected chi connectivity index (χ1v) is 15.5. The van der Waals surface area contributed by atoms with E-state index in [1.54, 1.807) is 7.11 Å². The second kappa shape index (κ2) is 14.7. The molecule has 2 aliphatic rings. The van der Waals surface area contributed by atoms with Gasteiger partial charge < -0.3 is 9.47 Å². The number of allylic oxidation sites excluding steroid dienone is 2. The Morgan fingerprint density at radius 1 is 0.971 bits per heavy atom. The summed E-state index contributed by atoms with van der Waals surface area (Å²) in [5.74, 6) is 3.30. The maximum Gasteiger partial charge on any atom is 0.147 e. The fourth-order valence-corrected chi connectivity index (χ4v) is 7.03. The summed E-state index contributed by atoms with van der Waals surface area (Å²) in [5, 5.41) is 0.958. The number of methoxy groups -OCH3 is 1. The van der Waals surface area contributed by atoms with E-state index in [4.69, 9.17) is 9.47 Å². The number of benzene rings is 1. The molecule has 0 N–H and O–H groups in total. The SMILES string of the molecule is BC1=CCC(/C=C/c2cc(OC)c(/C=C/C3CC=C(Br)S3)cc2OCCC(C)CCCC(C)C)S1. The Morgan fingerprint density at radius 2 is 1.63 bits per heavy atom. The summed E-state index contributed by atoms with van der Waals surface area (Å²) in [6, 6.07) is 4.29. The van der Waals surface area contributed by atoms with Crippen molar-refractivity contribution < 1.29 is 9.47 Å². The zero-order valence-corrected chi connectivity index (χ0v) is 25.1. The first-order valence-electron chi connectivity index (χ1n) is 12.9. The number of thioether (sulfide) groups is 2. The van der Waals surface area contributed by atoms with Crippen LogP contribution in [0.3, 0.4) is 0 Å². The van der Waals surface area contributed by atoms with E-state index in [-0.39, 0.29) is 0 Å². The van der Waals surface area contributed by atoms with Gasteiger partial charge >= 0.3 is 0 Å². The first kappa shape index (κ1) is 28.6. The van der Waals surface area contributed by atoms with Crippen molar-refractivity contribution in [1.29, 1.82) is 0 Å². The fourth-order valence-electron chi connectivity index (χ4n) is 4.27. The Morgan fingerprint density at radius 3 is 2.23 bits per heavy atom. The van der Waals surface area contributed by atoms with Crippen LogP contribution in [0.1, 0.15) is 70.4 Å². The molecule has 3 atom stereocenters. The average Bonchev–Trinajstić information content (AvgIpc) is 3.43. The lowest BCUT2D eigenvalue weighted by Crippen LogP contribution is -2.06. The summed E-state index contributed by atoms with van der Waals surface area (Å²) >= 11 is 7.39. The monoisotopic (exact) mass is 574 g/mol. The number of halogens is 1. The molecule has 6 heteroatoms. The Balaban J connectivity index is 1.72. The maximum absolute atomic E-state index is 6.42. The molecule has 2 aliphatic heterocycles. The molecule has 0 bridgehead atoms. The summed E-state index contributed by atoms with van der Waals surface area (Å²) < 4.78 is 13.4. The summed E-state index contributed by atoms with van der Waals surface area (Å²) in [4.78, 5) is 1.41. The predicted octanol–water partition coefficient (Wildman–Crippen LogP) is 8.67. The molecule has 1 aromatic rings. The van der Waals surface area contributed by atoms with E-state index >= 15 is 0 Å². The Kier molecular flexibility index (Phi) is 12.0. The van der Waals surface area contributed by atoms with Crippen LogP contribution in [-0.2, 0) is 0 Å². The minimum atomic E-state index is 0.458. The van der Waals surface area contributed by atoms with E-state index in [1.807, 2.05) is 23.5 Å². The van der Waals surface area contributed by atoms with Gasteiger partial charge in [0.2, 0.25) is 0 Å². The molecule has 190 valence electrons. The van der Waals surface area contributed by atoms with E-state index in [0.717, 1.165) is 54.4 Å². The first-order chi connectivity index (χ1) is 16.8. The van der Waals surface area contributed by atoms with Crippen LogP contribution in [0.2, 0.25) is 0 Å². The largest absolute Gasteiger partial charge is 0.496 e. The van der Waals surface area contributed by atoms with Gasteiger partial charge in [0.15, 0.2) is 0 Å². The third-order valence-corrected chi connectivity index (χ3v) is 9.56. The van der Waals surface area contributed by atoms with Gasteiger partial charge in [0.05, 0.1) is 13.7 Å². The fraction of sp³-hybridized carbons (Fsp3) is 0.517. The van der Waals surface area contributed by atoms with E-state index < -0.39 is 0 Å². The molecular weight excluding hydrogens is 535 g/mol. The third kappa shape index (κ3) is 9.78. The minimum absolute atomic E-state index is 0.458. The molecule has 0 fully saturated rings. The van der Waals surface area contributed by atoms with Gasteiger partial charge in [-0.15, -0.1) is 23.5 Å². The van der Waals surface area contributed by atoms with Crippen molar-refractivity contribution in [2.75, 3.05) is 13.7 Å². The highest BCUT2D eigenvalue weighted by atomic mass is 79.9. The molecular formula is C29H40BBrO2S2. The molecule has 0 saturated carbocycles. The standard InChI is InChI=1S/C29H40BBrO2S2/c1-20(2)6-5-7-21(3)16-17-33-27-19-22(8-11-25-13-15-29(31)35-25)26(32-4)18-23(27)9-10-24-12-14-28(30)34-24/h8-11,14-15,18-21,24-25H,5-7,12-13,16-17,30H2,1-4H3/b10-9+,11-8+. The van der Waals surface area contributed by atoms with Gasteiger partial charge in [-0.05, 0) is 59.2 Å². The van der Waals surface area contributed by atoms with Crippen LogP contribution in [-0.4, -0.2) is 32.1 Å². The van der Waals surface area contributed by atoms with Crippen LogP contribution >= 0.6 is 39.5 Å². The van der Waals surface area contributed by atoms with Gasteiger partial charge in [0, 0.05) is 25.4 Å². The average molecular weight is 575 g/mol. The molecule has 0 aromatic heterocycles. The molecule has 2 heterocycles. The highest BCUT2D eigenvalue weighted by Gasteiger charge is 2.16. The Bertz CT molecular complexity index is 954. The zero-order chi connectivity index (χ0) is 25.2. The van der Waals surface area contributed by atoms with Crippen molar-refractivity contribution in [3.8, 4) is 11.5 Å². The van der Waals surface area contributed by atoms with Crippen molar-refractivity contribution in [1.82, 2.24) is 0 Å². The number of rotatable bonds is 13. The quantitative estimate of drug-likeness (QED) is 0.219. The lowest BCUT2D eigenvalue weighted by Gasteiger charge is -2.16. The van der Waals surface area contributed by atoms with Crippen LogP contribution in [0.25, 0.3) is 12.2 Å². The van der Waals surface area contributed by atoms with Crippen molar-refractivity contribution in [3.63, 3.8) is 0 Å². The molecule has 3 rings (SSSR count). The number of ether oxygens (including phenoxy) is 2. The lowest BCUT2D eigenvalue weighted by atomic mass is 9.97. The second-order valence-corrected chi connectivity index (χ2v) is 14.2. The summed E-state index contributed by atoms with van der Waals surface area (Å²) in [5.41, 5.74) is 2.16. The second-order valence-electron chi connectivity index (χ2n) is 10.0. The van der Waals surface area contributed by atoms with Crippen molar-refractivity contribution in [2.45, 2.75) is 69.8 Å². The topological polar surface area (TPSA) is 18.5 Å². The zero-order valence-electron chi connectivity index (χ0n) is 21.9. The highest BCUT2D eigenvalue weighted by molar-refractivity contribution is 9.14. The number of hydrogen-bond donors (Lipinski definition) is 0. The summed E-state index contributed by atoms with van der Waals surface area (Å²) in [6.45, 7) is 7.71. The molecule has 1 aromatic carbocycles. The van der Waals surface area contributed by atoms with Gasteiger partial charge in [0.25, 0.3) is 0 Å². The van der Waals surface area contributed by atoms with Gasteiger partial charge in [-0.25, -0.2) is 0 Å². The molecule has 0 spiro atoms. The molecule has 0 radical (unpaired) electrons. The van der Waals surface area contributed by atoms with Crippen molar-refractivity contribution in [3.05, 3.63) is 56.2 Å². The Hall–Kier alpha value is -0.975. The Labute approximate surface area is 231 Å². The van der Waals surface area contributed by atoms with Crippen LogP contribution in [0, 0.1) is 11.8 Å². The molecule has 35 heavy (non-hydrogen) atoms. The van der Waals surface area contributed by atoms with Crippen molar-refractivity contribution in [2.24, 2.45) is 11.8 Å². The van der Waals surface area contributed by atoms with E-state index in [2.05, 4.69) is 93.1 Å². The lowest BCUT2D eigenvalue weighted by molar-refractivity contribution is 0.275. The van der Waals surface area contributed by atoms with Crippen LogP contribution < -0.4 is 9.47 Å². The highest BCUT2D eigenvalue weighted by Crippen LogP contribution is 2.38. The molecule has 0 amide bonds. The number of hydrogen-bond acceptors (Lipinski definition) is 4. The predicted molar refractivity (Wildman–Crippen MR) is 165 cm³/mol. The van der Waals surface area contributed by atoms with Gasteiger partial charge in [-0.2, -0.15) is 0 Å². The summed E-state index contributed by atoms with van der Waals surface area (Å²) in [6.07, 6.45) is 20.7. The van der Waals surface area contributed by atoms with Gasteiger partial charge in [-0.1, -0.05) is 81.3 Å². The smallest absolute Gasteiger partial charge is 0.147 e. The minimum Gasteiger partial charge on any atom is -0.496 e. The normalized spacial score (nSPS) is 21.2. The molecule has 3 unspecified atom stereocenters. The van der Waals surface area contributed by atoms with Gasteiger partial charge in [0.1, 0.15) is 19.3 Å².